The van der Waals surface area contributed by atoms with Crippen LogP contribution in [0.1, 0.15) is 81.6 Å². The molecule has 1 aromatic carbocycles. The largest absolute Gasteiger partial charge is 0.493 e. The first kappa shape index (κ1) is 18.6. The Balaban J connectivity index is 2.15. The summed E-state index contributed by atoms with van der Waals surface area (Å²) < 4.78 is 27.8. The van der Waals surface area contributed by atoms with Gasteiger partial charge >= 0.3 is 6.09 Å². The molecule has 1 aliphatic carbocycles. The topological polar surface area (TPSA) is 67.8 Å². The molecule has 1 saturated carbocycles. The Morgan fingerprint density at radius 1 is 1.22 bits per heavy atom. The molecule has 2 N–H and O–H groups in total. The Labute approximate surface area is 166 Å². The highest BCUT2D eigenvalue weighted by Crippen LogP contribution is 2.38. The summed E-state index contributed by atoms with van der Waals surface area (Å²) in [5.74, 6) is 0.415. The summed E-state index contributed by atoms with van der Waals surface area (Å²) in [5, 5.41) is 13.3. The van der Waals surface area contributed by atoms with Gasteiger partial charge in [0.05, 0.1) is 20.9 Å². The maximum Gasteiger partial charge on any atom is 0.408 e. The highest BCUT2D eigenvalue weighted by Gasteiger charge is 2.32. The first-order valence-corrected chi connectivity index (χ1v) is 9.64. The van der Waals surface area contributed by atoms with Crippen LogP contribution >= 0.6 is 0 Å². The number of aliphatic hydroxyl groups is 1. The summed E-state index contributed by atoms with van der Waals surface area (Å²) in [5.41, 5.74) is -1.71. The van der Waals surface area contributed by atoms with Gasteiger partial charge in [-0.15, -0.1) is 0 Å². The number of hydrogen-bond donors (Lipinski definition) is 2. The van der Waals surface area contributed by atoms with Crippen molar-refractivity contribution in [1.82, 2.24) is 5.32 Å². The lowest BCUT2D eigenvalue weighted by atomic mass is 9.90. The van der Waals surface area contributed by atoms with Crippen molar-refractivity contribution in [2.24, 2.45) is 5.41 Å². The van der Waals surface area contributed by atoms with E-state index in [2.05, 4.69) is 5.32 Å². The van der Waals surface area contributed by atoms with Crippen LogP contribution in [-0.2, 0) is 4.74 Å². The van der Waals surface area contributed by atoms with Gasteiger partial charge in [0.25, 0.3) is 0 Å². The molecule has 0 aromatic heterocycles. The molecule has 1 aromatic rings. The third-order valence-corrected chi connectivity index (χ3v) is 4.70. The van der Waals surface area contributed by atoms with Crippen LogP contribution in [0.25, 0.3) is 0 Å². The average molecular weight is 380 g/mol. The Morgan fingerprint density at radius 3 is 2.26 bits per heavy atom. The fourth-order valence-corrected chi connectivity index (χ4v) is 3.26. The minimum Gasteiger partial charge on any atom is -0.493 e. The second-order valence-corrected chi connectivity index (χ2v) is 9.27. The van der Waals surface area contributed by atoms with Gasteiger partial charge in [-0.25, -0.2) is 4.79 Å². The molecule has 0 aliphatic heterocycles. The SMILES string of the molecule is [2H]C([2H])(Oc1ccc(C(NC(=O)OC(C)(C)C)C(C)(C)O)cc1)C1(C)CCCC1. The molecular weight excluding hydrogens is 342 g/mol. The minimum atomic E-state index is -1.77. The van der Waals surface area contributed by atoms with Crippen molar-refractivity contribution in [1.29, 1.82) is 0 Å². The van der Waals surface area contributed by atoms with Gasteiger partial charge in [-0.2, -0.15) is 0 Å². The van der Waals surface area contributed by atoms with Crippen LogP contribution in [0.5, 0.6) is 5.75 Å². The second kappa shape index (κ2) is 8.09. The Hall–Kier alpha value is -1.75. The zero-order valence-electron chi connectivity index (χ0n) is 19.4. The van der Waals surface area contributed by atoms with Crippen LogP contribution in [0.15, 0.2) is 24.3 Å². The predicted octanol–water partition coefficient (Wildman–Crippen LogP) is 4.98. The number of rotatable bonds is 6. The third-order valence-electron chi connectivity index (χ3n) is 4.70. The quantitative estimate of drug-likeness (QED) is 0.731. The molecule has 0 saturated heterocycles. The van der Waals surface area contributed by atoms with Crippen LogP contribution in [0, 0.1) is 5.41 Å². The summed E-state index contributed by atoms with van der Waals surface area (Å²) in [6, 6.07) is 6.09. The van der Waals surface area contributed by atoms with E-state index in [4.69, 9.17) is 12.2 Å². The van der Waals surface area contributed by atoms with Gasteiger partial charge in [-0.1, -0.05) is 31.9 Å². The number of carbonyl (C=O) groups is 1. The summed E-state index contributed by atoms with van der Waals surface area (Å²) in [4.78, 5) is 12.2. The molecular formula is C22H35NO4. The zero-order valence-corrected chi connectivity index (χ0v) is 17.4. The van der Waals surface area contributed by atoms with Gasteiger partial charge in [-0.05, 0) is 65.2 Å². The lowest BCUT2D eigenvalue weighted by Gasteiger charge is -2.31. The smallest absolute Gasteiger partial charge is 0.408 e. The van der Waals surface area contributed by atoms with E-state index in [1.165, 1.54) is 0 Å². The van der Waals surface area contributed by atoms with Gasteiger partial charge in [0, 0.05) is 5.41 Å². The van der Waals surface area contributed by atoms with E-state index in [9.17, 15) is 9.90 Å². The number of alkyl carbamates (subject to hydrolysis) is 1. The Kier molecular flexibility index (Phi) is 5.58. The monoisotopic (exact) mass is 379 g/mol. The van der Waals surface area contributed by atoms with E-state index in [0.717, 1.165) is 25.7 Å². The second-order valence-electron chi connectivity index (χ2n) is 9.27. The summed E-state index contributed by atoms with van der Waals surface area (Å²) in [6.07, 6.45) is 3.02. The van der Waals surface area contributed by atoms with E-state index in [-0.39, 0.29) is 0 Å². The lowest BCUT2D eigenvalue weighted by Crippen LogP contribution is -2.44. The van der Waals surface area contributed by atoms with Crippen LogP contribution in [0.3, 0.4) is 0 Å². The number of hydrogen-bond acceptors (Lipinski definition) is 4. The summed E-state index contributed by atoms with van der Waals surface area (Å²) >= 11 is 0. The normalized spacial score (nSPS) is 19.7. The molecule has 1 aliphatic rings. The van der Waals surface area contributed by atoms with Crippen LogP contribution in [-0.4, -0.2) is 29.0 Å². The molecule has 27 heavy (non-hydrogen) atoms. The van der Waals surface area contributed by atoms with E-state index in [1.54, 1.807) is 58.9 Å². The molecule has 0 heterocycles. The van der Waals surface area contributed by atoms with Gasteiger partial charge in [0.1, 0.15) is 11.4 Å². The first-order valence-electron chi connectivity index (χ1n) is 10.6. The molecule has 0 bridgehead atoms. The van der Waals surface area contributed by atoms with Crippen molar-refractivity contribution < 1.29 is 22.1 Å². The molecule has 1 amide bonds. The lowest BCUT2D eigenvalue weighted by molar-refractivity contribution is 0.0163. The average Bonchev–Trinajstić information content (AvgIpc) is 2.99. The third kappa shape index (κ3) is 6.73. The fourth-order valence-electron chi connectivity index (χ4n) is 3.26. The van der Waals surface area contributed by atoms with E-state index < -0.39 is 35.3 Å². The molecule has 1 fully saturated rings. The van der Waals surface area contributed by atoms with E-state index in [1.807, 2.05) is 6.92 Å². The highest BCUT2D eigenvalue weighted by atomic mass is 16.6. The van der Waals surface area contributed by atoms with E-state index in [0.29, 0.717) is 11.3 Å². The zero-order chi connectivity index (χ0) is 22.1. The van der Waals surface area contributed by atoms with Crippen molar-refractivity contribution in [2.45, 2.75) is 84.5 Å². The Morgan fingerprint density at radius 2 is 1.78 bits per heavy atom. The predicted molar refractivity (Wildman–Crippen MR) is 107 cm³/mol. The fraction of sp³-hybridized carbons (Fsp3) is 0.682. The number of ether oxygens (including phenoxy) is 2. The molecule has 1 unspecified atom stereocenters. The standard InChI is InChI=1S/C22H35NO4/c1-20(2,3)27-19(24)23-18(21(4,5)25)16-9-11-17(12-10-16)26-15-22(6)13-7-8-14-22/h9-12,18,25H,7-8,13-15H2,1-6H3,(H,23,24)/i15D2. The highest BCUT2D eigenvalue weighted by molar-refractivity contribution is 5.68. The van der Waals surface area contributed by atoms with Crippen molar-refractivity contribution >= 4 is 6.09 Å². The van der Waals surface area contributed by atoms with Crippen molar-refractivity contribution in [3.63, 3.8) is 0 Å². The summed E-state index contributed by atoms with van der Waals surface area (Å²) in [7, 11) is 0. The first-order chi connectivity index (χ1) is 13.1. The maximum absolute atomic E-state index is 12.2. The molecule has 5 nitrogen and oxygen atoms in total. The number of benzene rings is 1. The van der Waals surface area contributed by atoms with Crippen LogP contribution in [0.4, 0.5) is 4.79 Å². The van der Waals surface area contributed by atoms with Crippen molar-refractivity contribution in [2.75, 3.05) is 6.56 Å². The van der Waals surface area contributed by atoms with E-state index >= 15 is 0 Å². The molecule has 5 heteroatoms. The molecule has 2 rings (SSSR count). The van der Waals surface area contributed by atoms with Crippen molar-refractivity contribution in [3.05, 3.63) is 29.8 Å². The molecule has 0 radical (unpaired) electrons. The van der Waals surface area contributed by atoms with Crippen molar-refractivity contribution in [3.8, 4) is 5.75 Å². The van der Waals surface area contributed by atoms with Gasteiger partial charge in [0.15, 0.2) is 0 Å². The van der Waals surface area contributed by atoms with Crippen LogP contribution in [0.2, 0.25) is 0 Å². The Bertz CT molecular complexity index is 699. The van der Waals surface area contributed by atoms with Gasteiger partial charge < -0.3 is 19.9 Å². The summed E-state index contributed by atoms with van der Waals surface area (Å²) in [6.45, 7) is 8.71. The van der Waals surface area contributed by atoms with Crippen LogP contribution < -0.4 is 10.1 Å². The molecule has 0 spiro atoms. The van der Waals surface area contributed by atoms with Gasteiger partial charge in [0.2, 0.25) is 0 Å². The minimum absolute atomic E-state index is 0.415. The molecule has 152 valence electrons. The maximum atomic E-state index is 12.2. The number of amides is 1. The number of carbonyl (C=O) groups excluding carboxylic acids is 1. The number of nitrogens with one attached hydrogen (secondary N) is 1. The molecule has 1 atom stereocenters. The van der Waals surface area contributed by atoms with Gasteiger partial charge in [-0.3, -0.25) is 0 Å².